The van der Waals surface area contributed by atoms with Crippen molar-refractivity contribution in [3.63, 3.8) is 0 Å². The second-order valence-electron chi connectivity index (χ2n) is 8.42. The van der Waals surface area contributed by atoms with Gasteiger partial charge in [0, 0.05) is 17.3 Å². The van der Waals surface area contributed by atoms with Crippen molar-refractivity contribution < 1.29 is 9.53 Å². The minimum atomic E-state index is -0.536. The van der Waals surface area contributed by atoms with E-state index >= 15 is 0 Å². The molecule has 4 N–H and O–H groups in total. The van der Waals surface area contributed by atoms with E-state index in [1.54, 1.807) is 6.20 Å². The molecule has 162 valence electrons. The van der Waals surface area contributed by atoms with Gasteiger partial charge in [-0.15, -0.1) is 0 Å². The van der Waals surface area contributed by atoms with Crippen LogP contribution in [0.15, 0.2) is 60.8 Å². The molecule has 0 fully saturated rings. The number of aromatic nitrogens is 3. The molecule has 1 amide bonds. The lowest BCUT2D eigenvalue weighted by molar-refractivity contribution is 0.0636. The fourth-order valence-electron chi connectivity index (χ4n) is 3.25. The molecule has 0 bridgehead atoms. The SMILES string of the molecule is CC(C)(C)OC(=O)Nc1ccc(/C=C/c2n[nH]c3cc(-c4ccnc(N)c4)ccc23)cc1. The Kier molecular flexibility index (Phi) is 5.64. The van der Waals surface area contributed by atoms with E-state index in [0.29, 0.717) is 11.5 Å². The number of nitrogens with one attached hydrogen (secondary N) is 2. The van der Waals surface area contributed by atoms with Gasteiger partial charge in [-0.05, 0) is 79.9 Å². The molecular formula is C25H25N5O2. The highest BCUT2D eigenvalue weighted by molar-refractivity contribution is 5.92. The molecule has 0 aliphatic carbocycles. The van der Waals surface area contributed by atoms with Crippen molar-refractivity contribution in [1.82, 2.24) is 15.2 Å². The van der Waals surface area contributed by atoms with Gasteiger partial charge >= 0.3 is 6.09 Å². The van der Waals surface area contributed by atoms with Gasteiger partial charge in [0.25, 0.3) is 0 Å². The minimum Gasteiger partial charge on any atom is -0.444 e. The fraction of sp³-hybridized carbons (Fsp3) is 0.160. The number of rotatable bonds is 4. The molecule has 0 saturated heterocycles. The number of amides is 1. The third kappa shape index (κ3) is 5.13. The quantitative estimate of drug-likeness (QED) is 0.386. The maximum atomic E-state index is 11.9. The number of hydrogen-bond acceptors (Lipinski definition) is 5. The number of carbonyl (C=O) groups excluding carboxylic acids is 1. The van der Waals surface area contributed by atoms with Crippen LogP contribution in [0.3, 0.4) is 0 Å². The highest BCUT2D eigenvalue weighted by Crippen LogP contribution is 2.26. The number of pyridine rings is 1. The summed E-state index contributed by atoms with van der Waals surface area (Å²) in [6.07, 6.45) is 5.16. The van der Waals surface area contributed by atoms with E-state index in [4.69, 9.17) is 10.5 Å². The van der Waals surface area contributed by atoms with Gasteiger partial charge in [0.2, 0.25) is 0 Å². The summed E-state index contributed by atoms with van der Waals surface area (Å²) in [5.41, 5.74) is 10.7. The monoisotopic (exact) mass is 427 g/mol. The van der Waals surface area contributed by atoms with Gasteiger partial charge in [0.1, 0.15) is 11.4 Å². The molecule has 2 aromatic carbocycles. The average Bonchev–Trinajstić information content (AvgIpc) is 3.14. The first kappa shape index (κ1) is 21.1. The molecule has 4 aromatic rings. The largest absolute Gasteiger partial charge is 0.444 e. The maximum absolute atomic E-state index is 11.9. The summed E-state index contributed by atoms with van der Waals surface area (Å²) in [5, 5.41) is 11.3. The molecule has 2 heterocycles. The van der Waals surface area contributed by atoms with Crippen LogP contribution in [-0.2, 0) is 4.74 Å². The second-order valence-corrected chi connectivity index (χ2v) is 8.42. The van der Waals surface area contributed by atoms with Gasteiger partial charge < -0.3 is 10.5 Å². The van der Waals surface area contributed by atoms with E-state index in [9.17, 15) is 4.79 Å². The Morgan fingerprint density at radius 3 is 2.50 bits per heavy atom. The standard InChI is InChI=1S/C25H25N5O2/c1-25(2,3)32-24(31)28-19-8-4-16(5-9-19)6-11-21-20-10-7-17(14-22(20)30-29-21)18-12-13-27-23(26)15-18/h4-15H,1-3H3,(H2,26,27)(H,28,31)(H,29,30)/b11-6+. The highest BCUT2D eigenvalue weighted by Gasteiger charge is 2.16. The molecule has 0 unspecified atom stereocenters. The number of anilines is 2. The van der Waals surface area contributed by atoms with Crippen molar-refractivity contribution in [2.24, 2.45) is 0 Å². The zero-order chi connectivity index (χ0) is 22.7. The summed E-state index contributed by atoms with van der Waals surface area (Å²) < 4.78 is 5.27. The van der Waals surface area contributed by atoms with E-state index in [0.717, 1.165) is 33.3 Å². The van der Waals surface area contributed by atoms with Crippen molar-refractivity contribution in [1.29, 1.82) is 0 Å². The normalized spacial score (nSPS) is 11.7. The molecule has 0 aliphatic heterocycles. The van der Waals surface area contributed by atoms with Gasteiger partial charge in [-0.3, -0.25) is 10.4 Å². The zero-order valence-corrected chi connectivity index (χ0v) is 18.2. The van der Waals surface area contributed by atoms with Crippen molar-refractivity contribution in [2.45, 2.75) is 26.4 Å². The average molecular weight is 428 g/mol. The Hall–Kier alpha value is -4.13. The number of nitrogens with two attached hydrogens (primary N) is 1. The number of aromatic amines is 1. The maximum Gasteiger partial charge on any atom is 0.412 e. The van der Waals surface area contributed by atoms with Crippen LogP contribution in [0.25, 0.3) is 34.2 Å². The Morgan fingerprint density at radius 2 is 1.78 bits per heavy atom. The van der Waals surface area contributed by atoms with Crippen LogP contribution in [-0.4, -0.2) is 26.9 Å². The van der Waals surface area contributed by atoms with Gasteiger partial charge in [-0.1, -0.05) is 24.3 Å². The van der Waals surface area contributed by atoms with Gasteiger partial charge in [0.15, 0.2) is 0 Å². The third-order valence-corrected chi connectivity index (χ3v) is 4.70. The third-order valence-electron chi connectivity index (χ3n) is 4.70. The predicted octanol–water partition coefficient (Wildman–Crippen LogP) is 5.72. The van der Waals surface area contributed by atoms with E-state index in [1.807, 2.05) is 87.5 Å². The van der Waals surface area contributed by atoms with Crippen LogP contribution >= 0.6 is 0 Å². The Bertz CT molecular complexity index is 1280. The summed E-state index contributed by atoms with van der Waals surface area (Å²) in [5.74, 6) is 0.489. The summed E-state index contributed by atoms with van der Waals surface area (Å²) in [7, 11) is 0. The van der Waals surface area contributed by atoms with Crippen LogP contribution in [0.5, 0.6) is 0 Å². The van der Waals surface area contributed by atoms with Crippen molar-refractivity contribution in [2.75, 3.05) is 11.1 Å². The summed E-state index contributed by atoms with van der Waals surface area (Å²) in [6.45, 7) is 5.49. The molecule has 0 spiro atoms. The molecule has 2 aromatic heterocycles. The number of fused-ring (bicyclic) bond motifs is 1. The molecule has 0 atom stereocenters. The first-order valence-electron chi connectivity index (χ1n) is 10.2. The van der Waals surface area contributed by atoms with Crippen molar-refractivity contribution >= 4 is 40.7 Å². The van der Waals surface area contributed by atoms with Crippen LogP contribution in [0.1, 0.15) is 32.0 Å². The molecule has 0 saturated carbocycles. The number of nitrogens with zero attached hydrogens (tertiary/aromatic N) is 2. The lowest BCUT2D eigenvalue weighted by Gasteiger charge is -2.19. The molecule has 4 rings (SSSR count). The van der Waals surface area contributed by atoms with E-state index in [-0.39, 0.29) is 0 Å². The van der Waals surface area contributed by atoms with Gasteiger partial charge in [-0.2, -0.15) is 5.10 Å². The topological polar surface area (TPSA) is 106 Å². The number of carbonyl (C=O) groups is 1. The number of nitrogen functional groups attached to an aromatic ring is 1. The van der Waals surface area contributed by atoms with Gasteiger partial charge in [-0.25, -0.2) is 9.78 Å². The van der Waals surface area contributed by atoms with Gasteiger partial charge in [0.05, 0.1) is 11.2 Å². The minimum absolute atomic E-state index is 0.474. The number of H-pyrrole nitrogens is 1. The van der Waals surface area contributed by atoms with Crippen LogP contribution in [0.4, 0.5) is 16.3 Å². The second kappa shape index (κ2) is 8.55. The first-order chi connectivity index (χ1) is 15.3. The Balaban J connectivity index is 1.47. The summed E-state index contributed by atoms with van der Waals surface area (Å²) in [4.78, 5) is 15.9. The van der Waals surface area contributed by atoms with E-state index < -0.39 is 11.7 Å². The van der Waals surface area contributed by atoms with E-state index in [1.165, 1.54) is 0 Å². The predicted molar refractivity (Wildman–Crippen MR) is 129 cm³/mol. The molecular weight excluding hydrogens is 402 g/mol. The lowest BCUT2D eigenvalue weighted by atomic mass is 10.0. The van der Waals surface area contributed by atoms with Crippen molar-refractivity contribution in [3.05, 3.63) is 72.1 Å². The molecule has 7 nitrogen and oxygen atoms in total. The van der Waals surface area contributed by atoms with Crippen molar-refractivity contribution in [3.8, 4) is 11.1 Å². The molecule has 0 radical (unpaired) electrons. The fourth-order valence-corrected chi connectivity index (χ4v) is 3.25. The van der Waals surface area contributed by atoms with E-state index in [2.05, 4.69) is 20.5 Å². The highest BCUT2D eigenvalue weighted by atomic mass is 16.6. The number of hydrogen-bond donors (Lipinski definition) is 3. The summed E-state index contributed by atoms with van der Waals surface area (Å²) in [6, 6.07) is 17.4. The van der Waals surface area contributed by atoms with Crippen LogP contribution in [0.2, 0.25) is 0 Å². The zero-order valence-electron chi connectivity index (χ0n) is 18.2. The van der Waals surface area contributed by atoms with Crippen LogP contribution in [0, 0.1) is 0 Å². The number of benzene rings is 2. The molecule has 0 aliphatic rings. The van der Waals surface area contributed by atoms with Crippen LogP contribution < -0.4 is 11.1 Å². The first-order valence-corrected chi connectivity index (χ1v) is 10.2. The molecule has 32 heavy (non-hydrogen) atoms. The lowest BCUT2D eigenvalue weighted by Crippen LogP contribution is -2.27. The molecule has 7 heteroatoms. The smallest absolute Gasteiger partial charge is 0.412 e. The Labute approximate surface area is 186 Å². The summed E-state index contributed by atoms with van der Waals surface area (Å²) >= 11 is 0. The number of ether oxygens (including phenoxy) is 1. The Morgan fingerprint density at radius 1 is 1.03 bits per heavy atom.